The van der Waals surface area contributed by atoms with E-state index >= 15 is 0 Å². The van der Waals surface area contributed by atoms with Crippen LogP contribution >= 0.6 is 0 Å². The van der Waals surface area contributed by atoms with E-state index in [0.29, 0.717) is 6.04 Å². The number of benzene rings is 1. The van der Waals surface area contributed by atoms with Gasteiger partial charge in [0.1, 0.15) is 5.82 Å². The first-order chi connectivity index (χ1) is 10.4. The van der Waals surface area contributed by atoms with Gasteiger partial charge in [-0.25, -0.2) is 4.98 Å². The monoisotopic (exact) mass is 281 g/mol. The highest BCUT2D eigenvalue weighted by Gasteiger charge is 2.18. The number of nitrogens with zero attached hydrogens (tertiary/aromatic N) is 2. The molecule has 2 aromatic rings. The fraction of sp³-hybridized carbons (Fsp3) is 0.389. The summed E-state index contributed by atoms with van der Waals surface area (Å²) in [6.07, 6.45) is 5.40. The van der Waals surface area contributed by atoms with Crippen molar-refractivity contribution in [1.82, 2.24) is 9.88 Å². The molecule has 110 valence electrons. The number of likely N-dealkylation sites (tertiary alicyclic amines) is 1. The van der Waals surface area contributed by atoms with Crippen LogP contribution in [0.4, 0.5) is 5.82 Å². The van der Waals surface area contributed by atoms with Gasteiger partial charge in [-0.1, -0.05) is 36.4 Å². The zero-order chi connectivity index (χ0) is 14.3. The van der Waals surface area contributed by atoms with E-state index in [9.17, 15) is 0 Å². The van der Waals surface area contributed by atoms with Gasteiger partial charge in [-0.3, -0.25) is 0 Å². The first kappa shape index (κ1) is 14.1. The van der Waals surface area contributed by atoms with E-state index in [4.69, 9.17) is 0 Å². The van der Waals surface area contributed by atoms with Crippen LogP contribution in [0, 0.1) is 0 Å². The molecule has 2 heterocycles. The molecule has 0 atom stereocenters. The van der Waals surface area contributed by atoms with Crippen LogP contribution in [0.3, 0.4) is 0 Å². The topological polar surface area (TPSA) is 28.2 Å². The molecule has 21 heavy (non-hydrogen) atoms. The molecule has 1 aromatic heterocycles. The number of rotatable bonds is 5. The summed E-state index contributed by atoms with van der Waals surface area (Å²) in [6, 6.07) is 17.4. The van der Waals surface area contributed by atoms with E-state index in [2.05, 4.69) is 45.5 Å². The average molecular weight is 281 g/mol. The maximum atomic E-state index is 4.34. The Labute approximate surface area is 127 Å². The Hall–Kier alpha value is -1.87. The van der Waals surface area contributed by atoms with Gasteiger partial charge >= 0.3 is 0 Å². The number of pyridine rings is 1. The Morgan fingerprint density at radius 2 is 1.76 bits per heavy atom. The normalized spacial score (nSPS) is 16.8. The van der Waals surface area contributed by atoms with Crippen LogP contribution in [0.1, 0.15) is 18.4 Å². The van der Waals surface area contributed by atoms with Crippen molar-refractivity contribution in [2.75, 3.05) is 25.0 Å². The van der Waals surface area contributed by atoms with Gasteiger partial charge in [0.15, 0.2) is 0 Å². The van der Waals surface area contributed by atoms with Crippen LogP contribution in [0.15, 0.2) is 54.7 Å². The molecule has 0 spiro atoms. The summed E-state index contributed by atoms with van der Waals surface area (Å²) in [5.74, 6) is 1.00. The lowest BCUT2D eigenvalue weighted by Crippen LogP contribution is -2.40. The SMILES string of the molecule is c1ccc(CCN2CCC(Nc3ccccn3)CC2)cc1. The molecule has 0 amide bonds. The molecule has 1 fully saturated rings. The highest BCUT2D eigenvalue weighted by Crippen LogP contribution is 2.15. The van der Waals surface area contributed by atoms with Crippen molar-refractivity contribution in [3.05, 3.63) is 60.3 Å². The Morgan fingerprint density at radius 3 is 2.48 bits per heavy atom. The maximum Gasteiger partial charge on any atom is 0.126 e. The van der Waals surface area contributed by atoms with Crippen LogP contribution in [-0.4, -0.2) is 35.6 Å². The summed E-state index contributed by atoms with van der Waals surface area (Å²) in [4.78, 5) is 6.92. The Balaban J connectivity index is 1.41. The maximum absolute atomic E-state index is 4.34. The van der Waals surface area contributed by atoms with Crippen molar-refractivity contribution < 1.29 is 0 Å². The summed E-state index contributed by atoms with van der Waals surface area (Å²) in [5, 5.41) is 3.54. The van der Waals surface area contributed by atoms with Crippen molar-refractivity contribution in [1.29, 1.82) is 0 Å². The molecule has 3 rings (SSSR count). The molecular weight excluding hydrogens is 258 g/mol. The molecule has 0 bridgehead atoms. The molecule has 0 saturated carbocycles. The third-order valence-corrected chi connectivity index (χ3v) is 4.16. The minimum atomic E-state index is 0.563. The Kier molecular flexibility index (Phi) is 4.85. The summed E-state index contributed by atoms with van der Waals surface area (Å²) in [6.45, 7) is 3.52. The number of aromatic nitrogens is 1. The van der Waals surface area contributed by atoms with Crippen molar-refractivity contribution >= 4 is 5.82 Å². The second kappa shape index (κ2) is 7.23. The minimum Gasteiger partial charge on any atom is -0.367 e. The number of hydrogen-bond acceptors (Lipinski definition) is 3. The smallest absolute Gasteiger partial charge is 0.126 e. The zero-order valence-corrected chi connectivity index (χ0v) is 12.4. The summed E-state index contributed by atoms with van der Waals surface area (Å²) in [5.41, 5.74) is 1.44. The lowest BCUT2D eigenvalue weighted by Gasteiger charge is -2.32. The van der Waals surface area contributed by atoms with Gasteiger partial charge in [0, 0.05) is 31.9 Å². The first-order valence-electron chi connectivity index (χ1n) is 7.84. The Bertz CT molecular complexity index is 519. The zero-order valence-electron chi connectivity index (χ0n) is 12.4. The van der Waals surface area contributed by atoms with E-state index in [-0.39, 0.29) is 0 Å². The molecule has 3 heteroatoms. The third-order valence-electron chi connectivity index (χ3n) is 4.16. The van der Waals surface area contributed by atoms with Gasteiger partial charge in [0.25, 0.3) is 0 Å². The fourth-order valence-electron chi connectivity index (χ4n) is 2.89. The summed E-state index contributed by atoms with van der Waals surface area (Å²) >= 11 is 0. The van der Waals surface area contributed by atoms with Gasteiger partial charge < -0.3 is 10.2 Å². The highest BCUT2D eigenvalue weighted by molar-refractivity contribution is 5.34. The average Bonchev–Trinajstić information content (AvgIpc) is 2.56. The molecule has 1 N–H and O–H groups in total. The summed E-state index contributed by atoms with van der Waals surface area (Å²) in [7, 11) is 0. The van der Waals surface area contributed by atoms with Crippen LogP contribution in [0.2, 0.25) is 0 Å². The second-order valence-electron chi connectivity index (χ2n) is 5.71. The lowest BCUT2D eigenvalue weighted by molar-refractivity contribution is 0.221. The summed E-state index contributed by atoms with van der Waals surface area (Å²) < 4.78 is 0. The molecule has 1 saturated heterocycles. The molecule has 0 aliphatic carbocycles. The van der Waals surface area contributed by atoms with E-state index in [0.717, 1.165) is 12.2 Å². The van der Waals surface area contributed by atoms with Crippen molar-refractivity contribution in [3.63, 3.8) is 0 Å². The van der Waals surface area contributed by atoms with Crippen LogP contribution < -0.4 is 5.32 Å². The molecule has 1 aliphatic heterocycles. The fourth-order valence-corrected chi connectivity index (χ4v) is 2.89. The van der Waals surface area contributed by atoms with Crippen LogP contribution in [0.5, 0.6) is 0 Å². The van der Waals surface area contributed by atoms with E-state index < -0.39 is 0 Å². The number of hydrogen-bond donors (Lipinski definition) is 1. The van der Waals surface area contributed by atoms with Gasteiger partial charge in [-0.05, 0) is 37.0 Å². The van der Waals surface area contributed by atoms with Crippen molar-refractivity contribution in [2.45, 2.75) is 25.3 Å². The first-order valence-corrected chi connectivity index (χ1v) is 7.84. The van der Waals surface area contributed by atoms with Crippen molar-refractivity contribution in [2.24, 2.45) is 0 Å². The Morgan fingerprint density at radius 1 is 1.00 bits per heavy atom. The van der Waals surface area contributed by atoms with Crippen LogP contribution in [-0.2, 0) is 6.42 Å². The second-order valence-corrected chi connectivity index (χ2v) is 5.71. The van der Waals surface area contributed by atoms with Crippen LogP contribution in [0.25, 0.3) is 0 Å². The number of piperidine rings is 1. The number of nitrogens with one attached hydrogen (secondary N) is 1. The molecule has 0 radical (unpaired) electrons. The third kappa shape index (κ3) is 4.30. The van der Waals surface area contributed by atoms with E-state index in [1.54, 1.807) is 0 Å². The van der Waals surface area contributed by atoms with Crippen molar-refractivity contribution in [3.8, 4) is 0 Å². The highest BCUT2D eigenvalue weighted by atomic mass is 15.1. The van der Waals surface area contributed by atoms with Gasteiger partial charge in [-0.15, -0.1) is 0 Å². The molecule has 3 nitrogen and oxygen atoms in total. The van der Waals surface area contributed by atoms with E-state index in [1.807, 2.05) is 24.4 Å². The molecule has 1 aromatic carbocycles. The molecule has 1 aliphatic rings. The quantitative estimate of drug-likeness (QED) is 0.912. The predicted molar refractivity (Wildman–Crippen MR) is 87.5 cm³/mol. The molecular formula is C18H23N3. The standard InChI is InChI=1S/C18H23N3/c1-2-6-16(7-3-1)9-13-21-14-10-17(11-15-21)20-18-8-4-5-12-19-18/h1-8,12,17H,9-11,13-15H2,(H,19,20). The van der Waals surface area contributed by atoms with Gasteiger partial charge in [0.05, 0.1) is 0 Å². The minimum absolute atomic E-state index is 0.563. The predicted octanol–water partition coefficient (Wildman–Crippen LogP) is 3.20. The van der Waals surface area contributed by atoms with Gasteiger partial charge in [-0.2, -0.15) is 0 Å². The number of anilines is 1. The lowest BCUT2D eigenvalue weighted by atomic mass is 10.0. The largest absolute Gasteiger partial charge is 0.367 e. The molecule has 0 unspecified atom stereocenters. The van der Waals surface area contributed by atoms with E-state index in [1.165, 1.54) is 38.0 Å². The van der Waals surface area contributed by atoms with Gasteiger partial charge in [0.2, 0.25) is 0 Å².